The molecule has 0 aliphatic rings. The van der Waals surface area contributed by atoms with Gasteiger partial charge in [0, 0.05) is 34.7 Å². The molecule has 180 valence electrons. The van der Waals surface area contributed by atoms with Crippen LogP contribution in [0.4, 0.5) is 14.5 Å². The summed E-state index contributed by atoms with van der Waals surface area (Å²) in [5, 5.41) is 5.49. The lowest BCUT2D eigenvalue weighted by atomic mass is 9.96. The summed E-state index contributed by atoms with van der Waals surface area (Å²) < 4.78 is 39.2. The number of halogens is 2. The van der Waals surface area contributed by atoms with Crippen molar-refractivity contribution in [1.82, 2.24) is 0 Å². The molecule has 1 N–H and O–H groups in total. The van der Waals surface area contributed by atoms with Gasteiger partial charge in [-0.3, -0.25) is 4.79 Å². The van der Waals surface area contributed by atoms with Crippen molar-refractivity contribution < 1.29 is 22.7 Å². The zero-order chi connectivity index (χ0) is 25.2. The number of carbonyl (C=O) groups is 1. The molecule has 0 saturated heterocycles. The molecule has 0 atom stereocenters. The van der Waals surface area contributed by atoms with E-state index < -0.39 is 17.5 Å². The molecule has 1 amide bonds. The highest BCUT2D eigenvalue weighted by molar-refractivity contribution is 6.07. The second-order valence-corrected chi connectivity index (χ2v) is 8.39. The van der Waals surface area contributed by atoms with E-state index >= 15 is 0 Å². The highest BCUT2D eigenvalue weighted by Gasteiger charge is 2.17. The van der Waals surface area contributed by atoms with Crippen molar-refractivity contribution in [2.75, 3.05) is 11.9 Å². The monoisotopic (exact) mass is 483 g/mol. The minimum Gasteiger partial charge on any atom is -0.493 e. The Balaban J connectivity index is 1.58. The Morgan fingerprint density at radius 2 is 1.78 bits per heavy atom. The number of nitrogens with one attached hydrogen (secondary N) is 1. The van der Waals surface area contributed by atoms with Gasteiger partial charge in [-0.1, -0.05) is 42.5 Å². The van der Waals surface area contributed by atoms with Gasteiger partial charge in [0.25, 0.3) is 0 Å². The Bertz CT molecular complexity index is 1630. The molecule has 4 aromatic carbocycles. The van der Waals surface area contributed by atoms with Crippen LogP contribution >= 0.6 is 0 Å². The molecule has 0 unspecified atom stereocenters. The van der Waals surface area contributed by atoms with Gasteiger partial charge in [-0.05, 0) is 54.0 Å². The Morgan fingerprint density at radius 3 is 2.61 bits per heavy atom. The summed E-state index contributed by atoms with van der Waals surface area (Å²) in [5.74, 6) is -1.38. The average molecular weight is 484 g/mol. The molecular formula is C30H23F2NO3. The lowest BCUT2D eigenvalue weighted by Crippen LogP contribution is -2.10. The number of rotatable bonds is 6. The zero-order valence-corrected chi connectivity index (χ0v) is 19.8. The average Bonchev–Trinajstić information content (AvgIpc) is 3.28. The topological polar surface area (TPSA) is 51.5 Å². The van der Waals surface area contributed by atoms with Gasteiger partial charge in [0.15, 0.2) is 0 Å². The summed E-state index contributed by atoms with van der Waals surface area (Å²) in [6, 6.07) is 20.9. The molecule has 4 nitrogen and oxygen atoms in total. The molecule has 0 fully saturated rings. The first-order chi connectivity index (χ1) is 17.4. The fraction of sp³-hybridized carbons (Fsp3) is 0.100. The number of hydrogen-bond acceptors (Lipinski definition) is 3. The molecule has 1 heterocycles. The van der Waals surface area contributed by atoms with Crippen LogP contribution in [-0.2, 0) is 4.79 Å². The van der Waals surface area contributed by atoms with Crippen molar-refractivity contribution in [3.8, 4) is 16.9 Å². The van der Waals surface area contributed by atoms with Gasteiger partial charge in [0.2, 0.25) is 5.91 Å². The first-order valence-corrected chi connectivity index (χ1v) is 11.6. The third-order valence-corrected chi connectivity index (χ3v) is 6.01. The summed E-state index contributed by atoms with van der Waals surface area (Å²) in [5.41, 5.74) is 3.68. The van der Waals surface area contributed by atoms with Crippen LogP contribution in [-0.4, -0.2) is 12.5 Å². The molecule has 6 heteroatoms. The third-order valence-electron chi connectivity index (χ3n) is 6.01. The summed E-state index contributed by atoms with van der Waals surface area (Å²) in [6.45, 7) is 4.06. The molecule has 0 saturated carbocycles. The van der Waals surface area contributed by atoms with Gasteiger partial charge < -0.3 is 14.5 Å². The molecule has 5 rings (SSSR count). The van der Waals surface area contributed by atoms with E-state index in [-0.39, 0.29) is 5.69 Å². The van der Waals surface area contributed by atoms with Gasteiger partial charge >= 0.3 is 0 Å². The Morgan fingerprint density at radius 1 is 0.972 bits per heavy atom. The molecule has 0 spiro atoms. The van der Waals surface area contributed by atoms with Crippen molar-refractivity contribution in [2.45, 2.75) is 13.8 Å². The van der Waals surface area contributed by atoms with Crippen LogP contribution in [0.2, 0.25) is 0 Å². The second-order valence-electron chi connectivity index (χ2n) is 8.39. The number of allylic oxidation sites excluding steroid dienone is 1. The van der Waals surface area contributed by atoms with E-state index in [4.69, 9.17) is 9.15 Å². The van der Waals surface area contributed by atoms with E-state index in [1.165, 1.54) is 6.08 Å². The van der Waals surface area contributed by atoms with Crippen molar-refractivity contribution in [3.63, 3.8) is 0 Å². The third kappa shape index (κ3) is 4.45. The summed E-state index contributed by atoms with van der Waals surface area (Å²) in [6.07, 6.45) is 3.07. The number of furan rings is 1. The van der Waals surface area contributed by atoms with Crippen LogP contribution in [0, 0.1) is 11.6 Å². The van der Waals surface area contributed by atoms with Crippen molar-refractivity contribution >= 4 is 38.9 Å². The van der Waals surface area contributed by atoms with Crippen LogP contribution in [0.3, 0.4) is 0 Å². The first kappa shape index (κ1) is 23.3. The van der Waals surface area contributed by atoms with Crippen LogP contribution < -0.4 is 10.1 Å². The van der Waals surface area contributed by atoms with Gasteiger partial charge in [-0.2, -0.15) is 0 Å². The molecule has 1 aromatic heterocycles. The fourth-order valence-corrected chi connectivity index (χ4v) is 4.34. The lowest BCUT2D eigenvalue weighted by molar-refractivity contribution is -0.111. The standard InChI is InChI=1S/C30H23F2NO3/c1-3-35-28-16-29-24(25(17-36-29)22-10-6-8-19-7-4-5-9-21(19)22)15-23(28)18(2)13-30(34)33-27-14-20(31)11-12-26(27)32/h4-17H,3H2,1-2H3,(H,33,34)/b18-13+. The zero-order valence-electron chi connectivity index (χ0n) is 19.8. The number of ether oxygens (including phenoxy) is 1. The molecule has 0 radical (unpaired) electrons. The molecule has 36 heavy (non-hydrogen) atoms. The number of hydrogen-bond donors (Lipinski definition) is 1. The minimum atomic E-state index is -0.717. The maximum atomic E-state index is 14.0. The number of anilines is 1. The predicted octanol–water partition coefficient (Wildman–Crippen LogP) is 7.97. The smallest absolute Gasteiger partial charge is 0.248 e. The molecular weight excluding hydrogens is 460 g/mol. The number of benzene rings is 4. The van der Waals surface area contributed by atoms with E-state index in [1.54, 1.807) is 13.2 Å². The maximum Gasteiger partial charge on any atom is 0.248 e. The van der Waals surface area contributed by atoms with Crippen molar-refractivity contribution in [1.29, 1.82) is 0 Å². The predicted molar refractivity (Wildman–Crippen MR) is 139 cm³/mol. The van der Waals surface area contributed by atoms with Gasteiger partial charge in [-0.25, -0.2) is 8.78 Å². The maximum absolute atomic E-state index is 14.0. The van der Waals surface area contributed by atoms with Crippen LogP contribution in [0.15, 0.2) is 89.6 Å². The molecule has 0 bridgehead atoms. The SMILES string of the molecule is CCOc1cc2occ(-c3cccc4ccccc34)c2cc1/C(C)=C/C(=O)Nc1cc(F)ccc1F. The molecule has 5 aromatic rings. The van der Waals surface area contributed by atoms with E-state index in [9.17, 15) is 13.6 Å². The fourth-order valence-electron chi connectivity index (χ4n) is 4.34. The van der Waals surface area contributed by atoms with Gasteiger partial charge in [0.05, 0.1) is 18.6 Å². The Hall–Kier alpha value is -4.45. The van der Waals surface area contributed by atoms with E-state index in [2.05, 4.69) is 23.5 Å². The quantitative estimate of drug-likeness (QED) is 0.249. The summed E-state index contributed by atoms with van der Waals surface area (Å²) in [7, 11) is 0. The largest absolute Gasteiger partial charge is 0.493 e. The molecule has 0 aliphatic heterocycles. The van der Waals surface area contributed by atoms with Crippen molar-refractivity contribution in [2.24, 2.45) is 0 Å². The second kappa shape index (κ2) is 9.66. The number of fused-ring (bicyclic) bond motifs is 2. The van der Waals surface area contributed by atoms with E-state index in [0.717, 1.165) is 45.5 Å². The van der Waals surface area contributed by atoms with Gasteiger partial charge in [0.1, 0.15) is 23.0 Å². The highest BCUT2D eigenvalue weighted by atomic mass is 19.1. The summed E-state index contributed by atoms with van der Waals surface area (Å²) in [4.78, 5) is 12.6. The van der Waals surface area contributed by atoms with E-state index in [0.29, 0.717) is 29.1 Å². The Labute approximate surface area is 206 Å². The number of carbonyl (C=O) groups excluding carboxylic acids is 1. The normalized spacial score (nSPS) is 11.7. The lowest BCUT2D eigenvalue weighted by Gasteiger charge is -2.12. The van der Waals surface area contributed by atoms with E-state index in [1.807, 2.05) is 43.3 Å². The molecule has 0 aliphatic carbocycles. The van der Waals surface area contributed by atoms with Crippen molar-refractivity contribution in [3.05, 3.63) is 102 Å². The van der Waals surface area contributed by atoms with Crippen LogP contribution in [0.25, 0.3) is 38.4 Å². The highest BCUT2D eigenvalue weighted by Crippen LogP contribution is 2.39. The van der Waals surface area contributed by atoms with Crippen LogP contribution in [0.5, 0.6) is 5.75 Å². The summed E-state index contributed by atoms with van der Waals surface area (Å²) >= 11 is 0. The Kier molecular flexibility index (Phi) is 6.25. The van der Waals surface area contributed by atoms with Crippen LogP contribution in [0.1, 0.15) is 19.4 Å². The minimum absolute atomic E-state index is 0.224. The van der Waals surface area contributed by atoms with Gasteiger partial charge in [-0.15, -0.1) is 0 Å². The first-order valence-electron chi connectivity index (χ1n) is 11.6. The number of amides is 1.